The van der Waals surface area contributed by atoms with E-state index in [9.17, 15) is 5.11 Å². The summed E-state index contributed by atoms with van der Waals surface area (Å²) in [6, 6.07) is 16.7. The van der Waals surface area contributed by atoms with Gasteiger partial charge >= 0.3 is 0 Å². The Morgan fingerprint density at radius 2 is 1.90 bits per heavy atom. The first-order valence-electron chi connectivity index (χ1n) is 7.38. The molecule has 1 heterocycles. The summed E-state index contributed by atoms with van der Waals surface area (Å²) < 4.78 is 0. The smallest absolute Gasteiger partial charge is 0.0755 e. The van der Waals surface area contributed by atoms with Crippen molar-refractivity contribution >= 4 is 0 Å². The van der Waals surface area contributed by atoms with Crippen molar-refractivity contribution in [2.24, 2.45) is 5.92 Å². The van der Waals surface area contributed by atoms with Crippen molar-refractivity contribution in [2.45, 2.75) is 18.5 Å². The highest BCUT2D eigenvalue weighted by Crippen LogP contribution is 2.25. The van der Waals surface area contributed by atoms with Gasteiger partial charge in [-0.05, 0) is 24.1 Å². The molecule has 0 saturated carbocycles. The Morgan fingerprint density at radius 1 is 1.10 bits per heavy atom. The third kappa shape index (κ3) is 3.38. The number of pyridine rings is 1. The molecule has 2 aromatic rings. The number of aliphatic hydroxyl groups is 1. The lowest BCUT2D eigenvalue weighted by Crippen LogP contribution is -2.32. The Bertz CT molecular complexity index is 543. The van der Waals surface area contributed by atoms with Crippen molar-refractivity contribution in [3.8, 4) is 0 Å². The molecule has 3 atom stereocenters. The van der Waals surface area contributed by atoms with E-state index >= 15 is 0 Å². The van der Waals surface area contributed by atoms with Crippen LogP contribution in [0.25, 0.3) is 0 Å². The summed E-state index contributed by atoms with van der Waals surface area (Å²) >= 11 is 0. The van der Waals surface area contributed by atoms with Gasteiger partial charge in [-0.1, -0.05) is 48.6 Å². The number of hydrogen-bond donors (Lipinski definition) is 2. The van der Waals surface area contributed by atoms with Crippen LogP contribution in [0.3, 0.4) is 0 Å². The molecule has 0 spiro atoms. The molecule has 0 fully saturated rings. The summed E-state index contributed by atoms with van der Waals surface area (Å²) in [6.45, 7) is 0.217. The van der Waals surface area contributed by atoms with Crippen molar-refractivity contribution in [3.63, 3.8) is 0 Å². The zero-order valence-electron chi connectivity index (χ0n) is 11.9. The number of aliphatic hydroxyl groups excluding tert-OH is 1. The molecular weight excluding hydrogens is 260 g/mol. The maximum absolute atomic E-state index is 9.26. The molecule has 21 heavy (non-hydrogen) atoms. The van der Waals surface area contributed by atoms with Crippen LogP contribution in [-0.2, 0) is 0 Å². The van der Waals surface area contributed by atoms with Crippen molar-refractivity contribution < 1.29 is 5.11 Å². The van der Waals surface area contributed by atoms with Crippen LogP contribution < -0.4 is 5.32 Å². The first-order chi connectivity index (χ1) is 10.4. The first-order valence-corrected chi connectivity index (χ1v) is 7.38. The molecule has 3 heteroatoms. The van der Waals surface area contributed by atoms with Gasteiger partial charge in [-0.3, -0.25) is 10.3 Å². The minimum atomic E-state index is 0.0690. The summed E-state index contributed by atoms with van der Waals surface area (Å²) in [5, 5.41) is 12.9. The van der Waals surface area contributed by atoms with E-state index in [4.69, 9.17) is 0 Å². The summed E-state index contributed by atoms with van der Waals surface area (Å²) in [7, 11) is 0. The van der Waals surface area contributed by atoms with Crippen LogP contribution in [0.1, 0.15) is 23.7 Å². The normalized spacial score (nSPS) is 22.3. The average Bonchev–Trinajstić information content (AvgIpc) is 3.02. The van der Waals surface area contributed by atoms with E-state index in [2.05, 4.69) is 34.6 Å². The van der Waals surface area contributed by atoms with Gasteiger partial charge < -0.3 is 5.11 Å². The lowest BCUT2D eigenvalue weighted by Gasteiger charge is -2.23. The lowest BCUT2D eigenvalue weighted by atomic mass is 10.0. The number of rotatable bonds is 5. The summed E-state index contributed by atoms with van der Waals surface area (Å²) in [5.41, 5.74) is 2.22. The largest absolute Gasteiger partial charge is 0.396 e. The van der Waals surface area contributed by atoms with E-state index in [0.717, 1.165) is 12.1 Å². The fourth-order valence-corrected chi connectivity index (χ4v) is 2.79. The minimum Gasteiger partial charge on any atom is -0.396 e. The molecule has 0 bridgehead atoms. The third-order valence-corrected chi connectivity index (χ3v) is 3.90. The van der Waals surface area contributed by atoms with Crippen molar-refractivity contribution in [1.82, 2.24) is 10.3 Å². The topological polar surface area (TPSA) is 45.1 Å². The van der Waals surface area contributed by atoms with Crippen LogP contribution >= 0.6 is 0 Å². The van der Waals surface area contributed by atoms with Gasteiger partial charge in [0.2, 0.25) is 0 Å². The molecular formula is C18H20N2O. The highest BCUT2D eigenvalue weighted by atomic mass is 16.3. The number of benzene rings is 1. The highest BCUT2D eigenvalue weighted by Gasteiger charge is 2.23. The Labute approximate surface area is 125 Å². The van der Waals surface area contributed by atoms with Crippen LogP contribution in [0.2, 0.25) is 0 Å². The van der Waals surface area contributed by atoms with Crippen LogP contribution in [0, 0.1) is 5.92 Å². The average molecular weight is 280 g/mol. The minimum absolute atomic E-state index is 0.0690. The molecule has 1 aromatic heterocycles. The Hall–Kier alpha value is -1.97. The van der Waals surface area contributed by atoms with Gasteiger partial charge in [-0.2, -0.15) is 0 Å². The van der Waals surface area contributed by atoms with E-state index in [-0.39, 0.29) is 24.6 Å². The molecule has 0 unspecified atom stereocenters. The molecule has 3 rings (SSSR count). The standard InChI is InChI=1S/C18H20N2O/c21-13-14-9-10-16(12-14)20-18(15-6-2-1-3-7-15)17-8-4-5-11-19-17/h1-11,14,16,18,20-21H,12-13H2/t14-,16+,18-/m0/s1. The Kier molecular flexibility index (Phi) is 4.43. The molecule has 0 aliphatic heterocycles. The van der Waals surface area contributed by atoms with Gasteiger partial charge in [0, 0.05) is 24.8 Å². The second-order valence-electron chi connectivity index (χ2n) is 5.43. The molecule has 1 aliphatic rings. The fourth-order valence-electron chi connectivity index (χ4n) is 2.79. The van der Waals surface area contributed by atoms with E-state index in [0.29, 0.717) is 0 Å². The van der Waals surface area contributed by atoms with Crippen molar-refractivity contribution in [2.75, 3.05) is 6.61 Å². The molecule has 1 aromatic carbocycles. The van der Waals surface area contributed by atoms with Gasteiger partial charge in [0.05, 0.1) is 11.7 Å². The van der Waals surface area contributed by atoms with Gasteiger partial charge in [-0.15, -0.1) is 0 Å². The van der Waals surface area contributed by atoms with Crippen LogP contribution in [-0.4, -0.2) is 22.7 Å². The summed E-state index contributed by atoms with van der Waals surface area (Å²) in [6.07, 6.45) is 7.01. The Balaban J connectivity index is 1.82. The quantitative estimate of drug-likeness (QED) is 0.828. The van der Waals surface area contributed by atoms with Gasteiger partial charge in [-0.25, -0.2) is 0 Å². The van der Waals surface area contributed by atoms with Crippen LogP contribution in [0.4, 0.5) is 0 Å². The van der Waals surface area contributed by atoms with E-state index < -0.39 is 0 Å². The summed E-state index contributed by atoms with van der Waals surface area (Å²) in [5.74, 6) is 0.266. The molecule has 1 aliphatic carbocycles. The van der Waals surface area contributed by atoms with E-state index in [1.165, 1.54) is 5.56 Å². The van der Waals surface area contributed by atoms with Gasteiger partial charge in [0.25, 0.3) is 0 Å². The van der Waals surface area contributed by atoms with Crippen LogP contribution in [0.15, 0.2) is 66.9 Å². The van der Waals surface area contributed by atoms with Crippen LogP contribution in [0.5, 0.6) is 0 Å². The number of aromatic nitrogens is 1. The predicted molar refractivity (Wildman–Crippen MR) is 83.8 cm³/mol. The molecule has 3 nitrogen and oxygen atoms in total. The predicted octanol–water partition coefficient (Wildman–Crippen LogP) is 2.70. The van der Waals surface area contributed by atoms with Crippen molar-refractivity contribution in [3.05, 3.63) is 78.1 Å². The highest BCUT2D eigenvalue weighted by molar-refractivity contribution is 5.28. The van der Waals surface area contributed by atoms with Crippen molar-refractivity contribution in [1.29, 1.82) is 0 Å². The SMILES string of the molecule is OC[C@H]1C=C[C@@H](N[C@@H](c2ccccc2)c2ccccn2)C1. The Morgan fingerprint density at radius 3 is 2.57 bits per heavy atom. The summed E-state index contributed by atoms with van der Waals surface area (Å²) in [4.78, 5) is 4.50. The number of nitrogens with one attached hydrogen (secondary N) is 1. The lowest BCUT2D eigenvalue weighted by molar-refractivity contribution is 0.245. The molecule has 0 amide bonds. The fraction of sp³-hybridized carbons (Fsp3) is 0.278. The molecule has 0 radical (unpaired) electrons. The first kappa shape index (κ1) is 14.0. The monoisotopic (exact) mass is 280 g/mol. The second-order valence-corrected chi connectivity index (χ2v) is 5.43. The second kappa shape index (κ2) is 6.66. The van der Waals surface area contributed by atoms with E-state index in [1.54, 1.807) is 0 Å². The molecule has 0 saturated heterocycles. The molecule has 108 valence electrons. The zero-order valence-corrected chi connectivity index (χ0v) is 11.9. The maximum atomic E-state index is 9.26. The zero-order chi connectivity index (χ0) is 14.5. The van der Waals surface area contributed by atoms with Gasteiger partial charge in [0.15, 0.2) is 0 Å². The number of nitrogens with zero attached hydrogens (tertiary/aromatic N) is 1. The van der Waals surface area contributed by atoms with Gasteiger partial charge in [0.1, 0.15) is 0 Å². The third-order valence-electron chi connectivity index (χ3n) is 3.90. The number of hydrogen-bond acceptors (Lipinski definition) is 3. The molecule has 2 N–H and O–H groups in total. The maximum Gasteiger partial charge on any atom is 0.0755 e. The van der Waals surface area contributed by atoms with E-state index in [1.807, 2.05) is 42.6 Å².